The highest BCUT2D eigenvalue weighted by atomic mass is 32.1. The third-order valence-electron chi connectivity index (χ3n) is 3.76. The Bertz CT molecular complexity index is 546. The summed E-state index contributed by atoms with van der Waals surface area (Å²) in [6.07, 6.45) is 3.90. The second-order valence-corrected chi connectivity index (χ2v) is 7.11. The Morgan fingerprint density at radius 2 is 2.21 bits per heavy atom. The molecule has 1 saturated carbocycles. The van der Waals surface area contributed by atoms with E-state index in [2.05, 4.69) is 5.32 Å². The Hall–Kier alpha value is -0.910. The normalized spacial score (nSPS) is 23.6. The summed E-state index contributed by atoms with van der Waals surface area (Å²) in [6.45, 7) is 0.589. The molecule has 5 heteroatoms. The van der Waals surface area contributed by atoms with Crippen molar-refractivity contribution in [3.63, 3.8) is 0 Å². The number of aliphatic hydroxyl groups excluding tert-OH is 1. The van der Waals surface area contributed by atoms with Crippen molar-refractivity contribution in [2.45, 2.75) is 31.8 Å². The van der Waals surface area contributed by atoms with Crippen molar-refractivity contribution >= 4 is 38.0 Å². The van der Waals surface area contributed by atoms with Crippen molar-refractivity contribution < 1.29 is 9.90 Å². The third kappa shape index (κ3) is 2.83. The number of hydrogen-bond donors (Lipinski definition) is 2. The number of fused-ring (bicyclic) bond motifs is 1. The smallest absolute Gasteiger partial charge is 0.261 e. The van der Waals surface area contributed by atoms with Crippen LogP contribution in [0.1, 0.15) is 35.4 Å². The van der Waals surface area contributed by atoms with Crippen LogP contribution in [0.25, 0.3) is 9.40 Å². The molecule has 1 fully saturated rings. The van der Waals surface area contributed by atoms with E-state index >= 15 is 0 Å². The maximum Gasteiger partial charge on any atom is 0.261 e. The average Bonchev–Trinajstić information content (AvgIpc) is 2.98. The minimum atomic E-state index is -0.249. The van der Waals surface area contributed by atoms with E-state index in [0.29, 0.717) is 6.54 Å². The SMILES string of the molecule is O=C(NCC1CCCCC1O)c1cc2sccc2s1. The fourth-order valence-electron chi connectivity index (χ4n) is 2.61. The minimum absolute atomic E-state index is 0.00817. The molecule has 0 aliphatic heterocycles. The van der Waals surface area contributed by atoms with Crippen LogP contribution in [-0.4, -0.2) is 23.7 Å². The van der Waals surface area contributed by atoms with E-state index < -0.39 is 0 Å². The van der Waals surface area contributed by atoms with Gasteiger partial charge in [0.1, 0.15) is 0 Å². The van der Waals surface area contributed by atoms with Crippen LogP contribution in [0.2, 0.25) is 0 Å². The molecule has 0 aromatic carbocycles. The lowest BCUT2D eigenvalue weighted by atomic mass is 9.86. The topological polar surface area (TPSA) is 49.3 Å². The van der Waals surface area contributed by atoms with Crippen LogP contribution in [0.3, 0.4) is 0 Å². The minimum Gasteiger partial charge on any atom is -0.393 e. The lowest BCUT2D eigenvalue weighted by Gasteiger charge is -2.27. The van der Waals surface area contributed by atoms with Crippen LogP contribution in [0.5, 0.6) is 0 Å². The average molecular weight is 295 g/mol. The van der Waals surface area contributed by atoms with Crippen LogP contribution in [0, 0.1) is 5.92 Å². The lowest BCUT2D eigenvalue weighted by molar-refractivity contribution is 0.0664. The molecule has 1 amide bonds. The van der Waals surface area contributed by atoms with Crippen molar-refractivity contribution in [1.29, 1.82) is 0 Å². The molecule has 2 unspecified atom stereocenters. The highest BCUT2D eigenvalue weighted by Gasteiger charge is 2.23. The second-order valence-electron chi connectivity index (χ2n) is 5.08. The van der Waals surface area contributed by atoms with Gasteiger partial charge in [0.05, 0.1) is 11.0 Å². The number of thiophene rings is 2. The monoisotopic (exact) mass is 295 g/mol. The maximum atomic E-state index is 12.1. The van der Waals surface area contributed by atoms with E-state index in [1.54, 1.807) is 11.3 Å². The van der Waals surface area contributed by atoms with Crippen molar-refractivity contribution in [2.75, 3.05) is 6.54 Å². The van der Waals surface area contributed by atoms with Gasteiger partial charge in [-0.3, -0.25) is 4.79 Å². The van der Waals surface area contributed by atoms with Gasteiger partial charge >= 0.3 is 0 Å². The standard InChI is InChI=1S/C14H17NO2S2/c16-10-4-2-1-3-9(10)8-15-14(17)13-7-12-11(19-13)5-6-18-12/h5-7,9-10,16H,1-4,8H2,(H,15,17). The number of nitrogens with one attached hydrogen (secondary N) is 1. The molecule has 2 aromatic rings. The molecule has 19 heavy (non-hydrogen) atoms. The molecule has 0 saturated heterocycles. The summed E-state index contributed by atoms with van der Waals surface area (Å²) in [7, 11) is 0. The predicted octanol–water partition coefficient (Wildman–Crippen LogP) is 3.24. The van der Waals surface area contributed by atoms with Crippen LogP contribution >= 0.6 is 22.7 Å². The first-order chi connectivity index (χ1) is 9.24. The zero-order chi connectivity index (χ0) is 13.2. The summed E-state index contributed by atoms with van der Waals surface area (Å²) in [6, 6.07) is 4.00. The Kier molecular flexibility index (Phi) is 3.86. The fourth-order valence-corrected chi connectivity index (χ4v) is 4.64. The van der Waals surface area contributed by atoms with Crippen molar-refractivity contribution in [1.82, 2.24) is 5.32 Å². The van der Waals surface area contributed by atoms with Gasteiger partial charge in [-0.1, -0.05) is 12.8 Å². The second kappa shape index (κ2) is 5.61. The summed E-state index contributed by atoms with van der Waals surface area (Å²) in [4.78, 5) is 12.9. The number of carbonyl (C=O) groups excluding carboxylic acids is 1. The molecule has 0 spiro atoms. The summed E-state index contributed by atoms with van der Waals surface area (Å²) in [5, 5.41) is 14.9. The maximum absolute atomic E-state index is 12.1. The third-order valence-corrected chi connectivity index (χ3v) is 5.85. The molecule has 2 heterocycles. The molecule has 1 aliphatic rings. The van der Waals surface area contributed by atoms with Crippen LogP contribution in [0.4, 0.5) is 0 Å². The molecule has 2 N–H and O–H groups in total. The van der Waals surface area contributed by atoms with Gasteiger partial charge < -0.3 is 10.4 Å². The van der Waals surface area contributed by atoms with Crippen molar-refractivity contribution in [2.24, 2.45) is 5.92 Å². The Labute approximate surface area is 120 Å². The van der Waals surface area contributed by atoms with Gasteiger partial charge in [0.25, 0.3) is 5.91 Å². The van der Waals surface area contributed by atoms with E-state index in [0.717, 1.165) is 30.6 Å². The lowest BCUT2D eigenvalue weighted by Crippen LogP contribution is -2.36. The molecular weight excluding hydrogens is 278 g/mol. The first-order valence-corrected chi connectivity index (χ1v) is 8.37. The molecule has 2 aromatic heterocycles. The quantitative estimate of drug-likeness (QED) is 0.913. The van der Waals surface area contributed by atoms with Crippen LogP contribution in [-0.2, 0) is 0 Å². The highest BCUT2D eigenvalue weighted by molar-refractivity contribution is 7.27. The number of amides is 1. The van der Waals surface area contributed by atoms with E-state index in [1.807, 2.05) is 17.5 Å². The van der Waals surface area contributed by atoms with Gasteiger partial charge in [0, 0.05) is 21.9 Å². The molecule has 0 radical (unpaired) electrons. The number of hydrogen-bond acceptors (Lipinski definition) is 4. The number of aliphatic hydroxyl groups is 1. The van der Waals surface area contributed by atoms with Gasteiger partial charge in [-0.2, -0.15) is 0 Å². The predicted molar refractivity (Wildman–Crippen MR) is 80.0 cm³/mol. The van der Waals surface area contributed by atoms with Gasteiger partial charge in [0.15, 0.2) is 0 Å². The first-order valence-electron chi connectivity index (χ1n) is 6.67. The van der Waals surface area contributed by atoms with Gasteiger partial charge in [-0.05, 0) is 30.4 Å². The van der Waals surface area contributed by atoms with Crippen molar-refractivity contribution in [3.05, 3.63) is 22.4 Å². The van der Waals surface area contributed by atoms with Crippen LogP contribution < -0.4 is 5.32 Å². The molecular formula is C14H17NO2S2. The number of carbonyl (C=O) groups is 1. The zero-order valence-electron chi connectivity index (χ0n) is 10.6. The Morgan fingerprint density at radius 1 is 1.37 bits per heavy atom. The molecule has 2 atom stereocenters. The highest BCUT2D eigenvalue weighted by Crippen LogP contribution is 2.30. The molecule has 102 valence electrons. The first kappa shape index (κ1) is 13.1. The molecule has 3 nitrogen and oxygen atoms in total. The summed E-state index contributed by atoms with van der Waals surface area (Å²) < 4.78 is 2.35. The van der Waals surface area contributed by atoms with Gasteiger partial charge in [-0.15, -0.1) is 22.7 Å². The zero-order valence-corrected chi connectivity index (χ0v) is 12.2. The van der Waals surface area contributed by atoms with Crippen molar-refractivity contribution in [3.8, 4) is 0 Å². The van der Waals surface area contributed by atoms with E-state index in [1.165, 1.54) is 20.7 Å². The van der Waals surface area contributed by atoms with Crippen LogP contribution in [0.15, 0.2) is 17.5 Å². The Morgan fingerprint density at radius 3 is 3.00 bits per heavy atom. The summed E-state index contributed by atoms with van der Waals surface area (Å²) in [5.74, 6) is 0.213. The van der Waals surface area contributed by atoms with E-state index in [4.69, 9.17) is 0 Å². The molecule has 0 bridgehead atoms. The summed E-state index contributed by atoms with van der Waals surface area (Å²) in [5.41, 5.74) is 0. The molecule has 3 rings (SSSR count). The van der Waals surface area contributed by atoms with Gasteiger partial charge in [0.2, 0.25) is 0 Å². The van der Waals surface area contributed by atoms with Gasteiger partial charge in [-0.25, -0.2) is 0 Å². The van der Waals surface area contributed by atoms with E-state index in [-0.39, 0.29) is 17.9 Å². The Balaban J connectivity index is 1.60. The summed E-state index contributed by atoms with van der Waals surface area (Å²) >= 11 is 3.20. The van der Waals surface area contributed by atoms with E-state index in [9.17, 15) is 9.90 Å². The largest absolute Gasteiger partial charge is 0.393 e. The number of rotatable bonds is 3. The molecule has 1 aliphatic carbocycles. The fraction of sp³-hybridized carbons (Fsp3) is 0.500.